The van der Waals surface area contributed by atoms with Crippen molar-refractivity contribution >= 4 is 63.2 Å². The SMILES string of the molecule is Cc1cc(Cl)cc2c1NC(=O)[C@@]21N[C@H](Cc2c[nH]c3ccccc23)[C@@H]2C(=O)N(c3ccc(F)c(Cl)c3)C(=O)[C@H]21. The molecule has 4 heterocycles. The van der Waals surface area contributed by atoms with Gasteiger partial charge in [0.2, 0.25) is 17.7 Å². The monoisotopic (exact) mass is 562 g/mol. The predicted octanol–water partition coefficient (Wildman–Crippen LogP) is 5.09. The maximum Gasteiger partial charge on any atom is 0.250 e. The first kappa shape index (κ1) is 24.3. The second-order valence-corrected chi connectivity index (χ2v) is 11.2. The number of nitrogens with zero attached hydrogens (tertiary/aromatic N) is 1. The number of aryl methyl sites for hydroxylation is 1. The van der Waals surface area contributed by atoms with E-state index in [4.69, 9.17) is 23.2 Å². The maximum atomic E-state index is 14.1. The minimum absolute atomic E-state index is 0.160. The quantitative estimate of drug-likeness (QED) is 0.303. The number of amides is 3. The number of nitrogens with one attached hydrogen (secondary N) is 3. The average Bonchev–Trinajstić information content (AvgIpc) is 3.61. The second-order valence-electron chi connectivity index (χ2n) is 10.3. The van der Waals surface area contributed by atoms with Gasteiger partial charge < -0.3 is 10.3 Å². The highest BCUT2D eigenvalue weighted by Crippen LogP contribution is 2.55. The number of fused-ring (bicyclic) bond motifs is 5. The third kappa shape index (κ3) is 3.28. The van der Waals surface area contributed by atoms with Crippen LogP contribution in [0.4, 0.5) is 15.8 Å². The first-order valence-electron chi connectivity index (χ1n) is 12.5. The lowest BCUT2D eigenvalue weighted by molar-refractivity contribution is -0.130. The number of H-pyrrole nitrogens is 1. The van der Waals surface area contributed by atoms with Crippen LogP contribution in [0.5, 0.6) is 0 Å². The molecule has 10 heteroatoms. The molecule has 1 aromatic heterocycles. The van der Waals surface area contributed by atoms with E-state index in [-0.39, 0.29) is 10.7 Å². The first-order chi connectivity index (χ1) is 18.7. The number of aromatic nitrogens is 1. The zero-order valence-corrected chi connectivity index (χ0v) is 22.0. The topological polar surface area (TPSA) is 94.3 Å². The highest BCUT2D eigenvalue weighted by atomic mass is 35.5. The fraction of sp³-hybridized carbons (Fsp3) is 0.207. The van der Waals surface area contributed by atoms with Crippen molar-refractivity contribution in [3.05, 3.63) is 93.3 Å². The zero-order valence-electron chi connectivity index (χ0n) is 20.5. The number of carbonyl (C=O) groups excluding carboxylic acids is 3. The van der Waals surface area contributed by atoms with Gasteiger partial charge in [0.25, 0.3) is 0 Å². The van der Waals surface area contributed by atoms with Crippen LogP contribution in [0, 0.1) is 24.6 Å². The van der Waals surface area contributed by atoms with Gasteiger partial charge in [-0.3, -0.25) is 19.7 Å². The Morgan fingerprint density at radius 2 is 1.82 bits per heavy atom. The van der Waals surface area contributed by atoms with Crippen LogP contribution in [0.2, 0.25) is 10.0 Å². The molecule has 7 nitrogen and oxygen atoms in total. The number of hydrogen-bond donors (Lipinski definition) is 3. The van der Waals surface area contributed by atoms with Gasteiger partial charge in [-0.1, -0.05) is 41.4 Å². The van der Waals surface area contributed by atoms with Crippen LogP contribution in [0.15, 0.2) is 60.8 Å². The van der Waals surface area contributed by atoms with Gasteiger partial charge in [-0.25, -0.2) is 9.29 Å². The Hall–Kier alpha value is -3.72. The summed E-state index contributed by atoms with van der Waals surface area (Å²) in [5.41, 5.74) is 2.40. The minimum atomic E-state index is -1.52. The van der Waals surface area contributed by atoms with Crippen molar-refractivity contribution in [2.45, 2.75) is 24.9 Å². The van der Waals surface area contributed by atoms with Crippen LogP contribution in [0.25, 0.3) is 10.9 Å². The molecule has 3 aliphatic rings. The van der Waals surface area contributed by atoms with Crippen molar-refractivity contribution in [2.24, 2.45) is 11.8 Å². The third-order valence-electron chi connectivity index (χ3n) is 8.26. The summed E-state index contributed by atoms with van der Waals surface area (Å²) in [6.45, 7) is 1.83. The Kier molecular flexibility index (Phi) is 5.23. The van der Waals surface area contributed by atoms with E-state index in [0.29, 0.717) is 22.7 Å². The number of para-hydroxylation sites is 1. The summed E-state index contributed by atoms with van der Waals surface area (Å²) < 4.78 is 13.9. The molecule has 196 valence electrons. The number of carbonyl (C=O) groups is 3. The van der Waals surface area contributed by atoms with E-state index in [1.165, 1.54) is 12.1 Å². The lowest BCUT2D eigenvalue weighted by atomic mass is 9.76. The Morgan fingerprint density at radius 3 is 2.62 bits per heavy atom. The number of benzene rings is 3. The van der Waals surface area contributed by atoms with Gasteiger partial charge in [0, 0.05) is 39.4 Å². The summed E-state index contributed by atoms with van der Waals surface area (Å²) in [5, 5.41) is 7.58. The number of anilines is 2. The number of aromatic amines is 1. The molecule has 3 amide bonds. The van der Waals surface area contributed by atoms with E-state index < -0.39 is 47.0 Å². The largest absolute Gasteiger partial charge is 0.361 e. The minimum Gasteiger partial charge on any atom is -0.361 e. The molecule has 3 N–H and O–H groups in total. The van der Waals surface area contributed by atoms with Crippen LogP contribution in [0.3, 0.4) is 0 Å². The van der Waals surface area contributed by atoms with E-state index in [2.05, 4.69) is 15.6 Å². The molecule has 0 radical (unpaired) electrons. The van der Waals surface area contributed by atoms with Crippen LogP contribution in [-0.2, 0) is 26.3 Å². The standard InChI is InChI=1S/C29H21Cl2FN4O3/c1-13-8-15(30)10-18-25(13)34-28(39)29(18)24-23(22(35-29)9-14-12-33-21-5-3-2-4-17(14)21)26(37)36(27(24)38)16-6-7-20(32)19(31)11-16/h2-8,10-12,22-24,33,35H,9H2,1H3,(H,34,39)/t22-,23+,24+,29-/m1/s1. The molecule has 1 spiro atoms. The highest BCUT2D eigenvalue weighted by Gasteiger charge is 2.70. The Morgan fingerprint density at radius 1 is 1.03 bits per heavy atom. The summed E-state index contributed by atoms with van der Waals surface area (Å²) in [7, 11) is 0. The number of rotatable bonds is 3. The predicted molar refractivity (Wildman–Crippen MR) is 146 cm³/mol. The van der Waals surface area contributed by atoms with E-state index in [1.54, 1.807) is 12.1 Å². The van der Waals surface area contributed by atoms with Gasteiger partial charge in [-0.15, -0.1) is 0 Å². The molecular weight excluding hydrogens is 542 g/mol. The fourth-order valence-electron chi connectivity index (χ4n) is 6.62. The number of halogens is 3. The molecule has 0 saturated carbocycles. The lowest BCUT2D eigenvalue weighted by Gasteiger charge is -2.29. The van der Waals surface area contributed by atoms with Crippen LogP contribution in [0.1, 0.15) is 16.7 Å². The Balaban J connectivity index is 1.40. The summed E-state index contributed by atoms with van der Waals surface area (Å²) in [4.78, 5) is 46.3. The first-order valence-corrected chi connectivity index (χ1v) is 13.2. The molecule has 2 fully saturated rings. The molecule has 2 saturated heterocycles. The van der Waals surface area contributed by atoms with Crippen molar-refractivity contribution in [2.75, 3.05) is 10.2 Å². The van der Waals surface area contributed by atoms with Crippen molar-refractivity contribution in [3.63, 3.8) is 0 Å². The lowest BCUT2D eigenvalue weighted by Crippen LogP contribution is -2.53. The van der Waals surface area contributed by atoms with Crippen molar-refractivity contribution in [3.8, 4) is 0 Å². The summed E-state index contributed by atoms with van der Waals surface area (Å²) in [6, 6.07) is 14.4. The molecule has 3 aliphatic heterocycles. The normalized spacial score (nSPS) is 25.6. The molecule has 7 rings (SSSR count). The Labute approximate surface area is 232 Å². The van der Waals surface area contributed by atoms with Gasteiger partial charge in [0.05, 0.1) is 22.5 Å². The van der Waals surface area contributed by atoms with E-state index in [1.807, 2.05) is 37.4 Å². The van der Waals surface area contributed by atoms with E-state index in [0.717, 1.165) is 33.0 Å². The zero-order chi connectivity index (χ0) is 27.2. The van der Waals surface area contributed by atoms with Crippen molar-refractivity contribution < 1.29 is 18.8 Å². The molecule has 0 aliphatic carbocycles. The average molecular weight is 563 g/mol. The van der Waals surface area contributed by atoms with Gasteiger partial charge >= 0.3 is 0 Å². The van der Waals surface area contributed by atoms with Gasteiger partial charge in [-0.2, -0.15) is 0 Å². The van der Waals surface area contributed by atoms with Crippen molar-refractivity contribution in [1.82, 2.24) is 10.3 Å². The smallest absolute Gasteiger partial charge is 0.250 e. The molecule has 0 unspecified atom stereocenters. The fourth-order valence-corrected chi connectivity index (χ4v) is 7.07. The van der Waals surface area contributed by atoms with Crippen molar-refractivity contribution in [1.29, 1.82) is 0 Å². The molecule has 39 heavy (non-hydrogen) atoms. The number of imide groups is 1. The molecular formula is C29H21Cl2FN4O3. The summed E-state index contributed by atoms with van der Waals surface area (Å²) in [6.07, 6.45) is 2.26. The number of hydrogen-bond acceptors (Lipinski definition) is 4. The van der Waals surface area contributed by atoms with Gasteiger partial charge in [-0.05, 0) is 60.9 Å². The van der Waals surface area contributed by atoms with Crippen LogP contribution >= 0.6 is 23.2 Å². The highest BCUT2D eigenvalue weighted by molar-refractivity contribution is 6.32. The molecule has 0 bridgehead atoms. The Bertz CT molecular complexity index is 1750. The molecule has 4 aromatic rings. The summed E-state index contributed by atoms with van der Waals surface area (Å²) in [5.74, 6) is -4.03. The van der Waals surface area contributed by atoms with E-state index in [9.17, 15) is 18.8 Å². The van der Waals surface area contributed by atoms with Crippen LogP contribution < -0.4 is 15.5 Å². The third-order valence-corrected chi connectivity index (χ3v) is 8.77. The summed E-state index contributed by atoms with van der Waals surface area (Å²) >= 11 is 12.5. The second kappa shape index (κ2) is 8.39. The van der Waals surface area contributed by atoms with E-state index >= 15 is 0 Å². The molecule has 4 atom stereocenters. The van der Waals surface area contributed by atoms with Gasteiger partial charge in [0.1, 0.15) is 11.4 Å². The molecule has 3 aromatic carbocycles. The van der Waals surface area contributed by atoms with Crippen LogP contribution in [-0.4, -0.2) is 28.7 Å². The van der Waals surface area contributed by atoms with Gasteiger partial charge in [0.15, 0.2) is 0 Å². The maximum absolute atomic E-state index is 14.1.